The van der Waals surface area contributed by atoms with E-state index in [1.807, 2.05) is 44.3 Å². The van der Waals surface area contributed by atoms with Gasteiger partial charge in [0.25, 0.3) is 0 Å². The molecule has 2 aromatic rings. The molecule has 0 unspecified atom stereocenters. The van der Waals surface area contributed by atoms with E-state index in [-0.39, 0.29) is 5.91 Å². The summed E-state index contributed by atoms with van der Waals surface area (Å²) in [6.45, 7) is 7.21. The summed E-state index contributed by atoms with van der Waals surface area (Å²) in [6.07, 6.45) is 0. The van der Waals surface area contributed by atoms with E-state index in [2.05, 4.69) is 9.80 Å². The number of aryl methyl sites for hydroxylation is 1. The number of likely N-dealkylation sites (N-methyl/N-ethyl adjacent to an activating group) is 1. The predicted molar refractivity (Wildman–Crippen MR) is 111 cm³/mol. The van der Waals surface area contributed by atoms with Crippen molar-refractivity contribution in [1.82, 2.24) is 14.7 Å². The minimum Gasteiger partial charge on any atom is -0.497 e. The molecule has 1 aromatic heterocycles. The molecular formula is C22H31N3O4. The molecule has 0 atom stereocenters. The molecule has 1 aliphatic rings. The van der Waals surface area contributed by atoms with Crippen LogP contribution in [0.3, 0.4) is 0 Å². The largest absolute Gasteiger partial charge is 0.497 e. The number of ether oxygens (including phenoxy) is 2. The maximum absolute atomic E-state index is 12.5. The van der Waals surface area contributed by atoms with Gasteiger partial charge in [0.1, 0.15) is 23.0 Å². The number of methoxy groups -OCH3 is 2. The first kappa shape index (κ1) is 21.2. The average molecular weight is 402 g/mol. The van der Waals surface area contributed by atoms with Crippen LogP contribution in [0.1, 0.15) is 17.1 Å². The Bertz CT molecular complexity index is 812. The molecule has 0 spiro atoms. The fraction of sp³-hybridized carbons (Fsp3) is 0.500. The zero-order chi connectivity index (χ0) is 20.8. The Morgan fingerprint density at radius 2 is 1.79 bits per heavy atom. The molecule has 0 bridgehead atoms. The summed E-state index contributed by atoms with van der Waals surface area (Å²) in [4.78, 5) is 18.9. The lowest BCUT2D eigenvalue weighted by molar-refractivity contribution is -0.132. The number of hydrogen-bond donors (Lipinski definition) is 0. The predicted octanol–water partition coefficient (Wildman–Crippen LogP) is 2.38. The summed E-state index contributed by atoms with van der Waals surface area (Å²) in [5, 5.41) is 0. The van der Waals surface area contributed by atoms with E-state index in [4.69, 9.17) is 13.9 Å². The molecule has 3 rings (SSSR count). The molecule has 1 aromatic carbocycles. The number of rotatable bonds is 8. The van der Waals surface area contributed by atoms with E-state index in [1.165, 1.54) is 0 Å². The number of nitrogens with zero attached hydrogens (tertiary/aromatic N) is 3. The van der Waals surface area contributed by atoms with Gasteiger partial charge in [-0.3, -0.25) is 14.6 Å². The number of carbonyl (C=O) groups is 1. The highest BCUT2D eigenvalue weighted by molar-refractivity contribution is 5.77. The monoisotopic (exact) mass is 401 g/mol. The third-order valence-corrected chi connectivity index (χ3v) is 5.32. The summed E-state index contributed by atoms with van der Waals surface area (Å²) < 4.78 is 16.4. The lowest BCUT2D eigenvalue weighted by Crippen LogP contribution is -2.49. The van der Waals surface area contributed by atoms with Crippen LogP contribution < -0.4 is 9.47 Å². The first-order valence-corrected chi connectivity index (χ1v) is 9.93. The molecule has 0 radical (unpaired) electrons. The Morgan fingerprint density at radius 3 is 2.41 bits per heavy atom. The molecule has 0 saturated carbocycles. The van der Waals surface area contributed by atoms with Crippen molar-refractivity contribution < 1.29 is 18.7 Å². The van der Waals surface area contributed by atoms with Gasteiger partial charge in [-0.25, -0.2) is 0 Å². The molecule has 0 N–H and O–H groups in total. The van der Waals surface area contributed by atoms with Crippen LogP contribution in [-0.2, 0) is 17.9 Å². The number of amides is 1. The molecule has 1 amide bonds. The summed E-state index contributed by atoms with van der Waals surface area (Å²) in [5.74, 6) is 3.50. The Balaban J connectivity index is 1.47. The van der Waals surface area contributed by atoms with E-state index < -0.39 is 0 Å². The van der Waals surface area contributed by atoms with Crippen molar-refractivity contribution in [1.29, 1.82) is 0 Å². The van der Waals surface area contributed by atoms with Gasteiger partial charge in [0.15, 0.2) is 0 Å². The van der Waals surface area contributed by atoms with Gasteiger partial charge in [0, 0.05) is 45.3 Å². The minimum atomic E-state index is 0.113. The van der Waals surface area contributed by atoms with Crippen LogP contribution in [0.15, 0.2) is 34.7 Å². The van der Waals surface area contributed by atoms with Crippen molar-refractivity contribution in [3.8, 4) is 11.5 Å². The third kappa shape index (κ3) is 5.74. The first-order chi connectivity index (χ1) is 14.0. The highest BCUT2D eigenvalue weighted by atomic mass is 16.5. The molecule has 7 nitrogen and oxygen atoms in total. The smallest absolute Gasteiger partial charge is 0.236 e. The average Bonchev–Trinajstić information content (AvgIpc) is 3.13. The van der Waals surface area contributed by atoms with Gasteiger partial charge in [0.05, 0.1) is 27.3 Å². The second kappa shape index (κ2) is 9.80. The minimum absolute atomic E-state index is 0.113. The van der Waals surface area contributed by atoms with E-state index in [0.717, 1.165) is 61.3 Å². The van der Waals surface area contributed by atoms with Crippen molar-refractivity contribution in [2.45, 2.75) is 20.0 Å². The van der Waals surface area contributed by atoms with Gasteiger partial charge in [-0.05, 0) is 37.3 Å². The van der Waals surface area contributed by atoms with Crippen LogP contribution >= 0.6 is 0 Å². The van der Waals surface area contributed by atoms with Crippen LogP contribution in [0, 0.1) is 6.92 Å². The van der Waals surface area contributed by atoms with Gasteiger partial charge in [0.2, 0.25) is 5.91 Å². The summed E-state index contributed by atoms with van der Waals surface area (Å²) >= 11 is 0. The lowest BCUT2D eigenvalue weighted by atomic mass is 10.1. The SMILES string of the molecule is COc1ccc(OC)c(CN2CCN(CC(=O)N(C)Cc3ccc(C)o3)CC2)c1. The fourth-order valence-electron chi connectivity index (χ4n) is 3.56. The topological polar surface area (TPSA) is 58.4 Å². The number of hydrogen-bond acceptors (Lipinski definition) is 6. The van der Waals surface area contributed by atoms with E-state index in [9.17, 15) is 4.79 Å². The Morgan fingerprint density at radius 1 is 1.07 bits per heavy atom. The van der Waals surface area contributed by atoms with Crippen molar-refractivity contribution in [3.05, 3.63) is 47.4 Å². The Hall–Kier alpha value is -2.51. The van der Waals surface area contributed by atoms with Crippen LogP contribution in [0.2, 0.25) is 0 Å². The van der Waals surface area contributed by atoms with Crippen LogP contribution in [-0.4, -0.2) is 74.6 Å². The van der Waals surface area contributed by atoms with Gasteiger partial charge in [-0.15, -0.1) is 0 Å². The molecule has 1 aliphatic heterocycles. The van der Waals surface area contributed by atoms with Gasteiger partial charge in [-0.1, -0.05) is 0 Å². The molecule has 1 saturated heterocycles. The molecule has 158 valence electrons. The van der Waals surface area contributed by atoms with Crippen LogP contribution in [0.5, 0.6) is 11.5 Å². The molecule has 0 aliphatic carbocycles. The first-order valence-electron chi connectivity index (χ1n) is 9.93. The maximum atomic E-state index is 12.5. The van der Waals surface area contributed by atoms with Crippen LogP contribution in [0.4, 0.5) is 0 Å². The normalized spacial score (nSPS) is 15.3. The van der Waals surface area contributed by atoms with Crippen molar-refractivity contribution in [2.24, 2.45) is 0 Å². The second-order valence-electron chi connectivity index (χ2n) is 7.49. The molecular weight excluding hydrogens is 370 g/mol. The van der Waals surface area contributed by atoms with Gasteiger partial charge in [-0.2, -0.15) is 0 Å². The molecule has 2 heterocycles. The number of carbonyl (C=O) groups excluding carboxylic acids is 1. The molecule has 1 fully saturated rings. The Kier molecular flexibility index (Phi) is 7.17. The zero-order valence-electron chi connectivity index (χ0n) is 17.8. The maximum Gasteiger partial charge on any atom is 0.236 e. The zero-order valence-corrected chi connectivity index (χ0v) is 17.8. The van der Waals surface area contributed by atoms with Crippen molar-refractivity contribution in [2.75, 3.05) is 54.0 Å². The van der Waals surface area contributed by atoms with Crippen molar-refractivity contribution in [3.63, 3.8) is 0 Å². The fourth-order valence-corrected chi connectivity index (χ4v) is 3.56. The highest BCUT2D eigenvalue weighted by Gasteiger charge is 2.22. The van der Waals surface area contributed by atoms with Gasteiger partial charge < -0.3 is 18.8 Å². The highest BCUT2D eigenvalue weighted by Crippen LogP contribution is 2.25. The number of benzene rings is 1. The number of piperazine rings is 1. The van der Waals surface area contributed by atoms with Crippen LogP contribution in [0.25, 0.3) is 0 Å². The van der Waals surface area contributed by atoms with E-state index >= 15 is 0 Å². The summed E-state index contributed by atoms with van der Waals surface area (Å²) in [6, 6.07) is 9.72. The van der Waals surface area contributed by atoms with Gasteiger partial charge >= 0.3 is 0 Å². The Labute approximate surface area is 172 Å². The summed E-state index contributed by atoms with van der Waals surface area (Å²) in [7, 11) is 5.19. The molecule has 29 heavy (non-hydrogen) atoms. The van der Waals surface area contributed by atoms with E-state index in [1.54, 1.807) is 19.1 Å². The molecule has 7 heteroatoms. The third-order valence-electron chi connectivity index (χ3n) is 5.32. The van der Waals surface area contributed by atoms with E-state index in [0.29, 0.717) is 13.1 Å². The standard InChI is InChI=1S/C22H31N3O4/c1-17-5-6-20(29-17)15-23(2)22(26)16-25-11-9-24(10-12-25)14-18-13-19(27-3)7-8-21(18)28-4/h5-8,13H,9-12,14-16H2,1-4H3. The second-order valence-corrected chi connectivity index (χ2v) is 7.49. The quantitative estimate of drug-likeness (QED) is 0.677. The summed E-state index contributed by atoms with van der Waals surface area (Å²) in [5.41, 5.74) is 1.12. The van der Waals surface area contributed by atoms with Crippen molar-refractivity contribution >= 4 is 5.91 Å². The number of furan rings is 1. The lowest BCUT2D eigenvalue weighted by Gasteiger charge is -2.35.